The van der Waals surface area contributed by atoms with Crippen molar-refractivity contribution in [3.8, 4) is 0 Å². The van der Waals surface area contributed by atoms with Gasteiger partial charge in [0.2, 0.25) is 0 Å². The van der Waals surface area contributed by atoms with Crippen LogP contribution in [0.25, 0.3) is 0 Å². The molecule has 4 N–H and O–H groups in total. The van der Waals surface area contributed by atoms with Gasteiger partial charge in [0.15, 0.2) is 5.13 Å². The molecule has 6 heteroatoms. The Labute approximate surface area is 119 Å². The molecule has 0 aliphatic heterocycles. The van der Waals surface area contributed by atoms with E-state index in [0.717, 1.165) is 25.8 Å². The smallest absolute Gasteiger partial charge is 0.265 e. The van der Waals surface area contributed by atoms with E-state index >= 15 is 0 Å². The van der Waals surface area contributed by atoms with Crippen molar-refractivity contribution >= 4 is 28.2 Å². The van der Waals surface area contributed by atoms with Crippen LogP contribution in [0.4, 0.5) is 10.9 Å². The Balaban J connectivity index is 2.74. The van der Waals surface area contributed by atoms with Crippen LogP contribution in [0.5, 0.6) is 0 Å². The summed E-state index contributed by atoms with van der Waals surface area (Å²) in [6.45, 7) is 9.03. The summed E-state index contributed by atoms with van der Waals surface area (Å²) in [5.74, 6) is 0.159. The Kier molecular flexibility index (Phi) is 5.60. The molecule has 0 fully saturated rings. The van der Waals surface area contributed by atoms with Gasteiger partial charge in [-0.2, -0.15) is 0 Å². The lowest BCUT2D eigenvalue weighted by Gasteiger charge is -2.25. The van der Waals surface area contributed by atoms with Crippen molar-refractivity contribution in [3.05, 3.63) is 4.88 Å². The van der Waals surface area contributed by atoms with Gasteiger partial charge in [-0.3, -0.25) is 4.79 Å². The normalized spacial score (nSPS) is 11.4. The van der Waals surface area contributed by atoms with Crippen LogP contribution in [-0.2, 0) is 0 Å². The number of carbonyl (C=O) groups excluding carboxylic acids is 1. The summed E-state index contributed by atoms with van der Waals surface area (Å²) in [5.41, 5.74) is 5.58. The lowest BCUT2D eigenvalue weighted by atomic mass is 9.99. The molecule has 0 aromatic carbocycles. The van der Waals surface area contributed by atoms with E-state index in [1.165, 1.54) is 11.3 Å². The summed E-state index contributed by atoms with van der Waals surface area (Å²) >= 11 is 1.31. The van der Waals surface area contributed by atoms with Crippen LogP contribution >= 0.6 is 11.3 Å². The molecule has 0 radical (unpaired) electrons. The molecule has 0 aliphatic carbocycles. The number of nitrogens with zero attached hydrogens (tertiary/aromatic N) is 1. The molecule has 1 heterocycles. The number of nitrogen functional groups attached to an aromatic ring is 1. The molecule has 0 aliphatic rings. The molecule has 1 aromatic rings. The van der Waals surface area contributed by atoms with Gasteiger partial charge in [0.05, 0.1) is 0 Å². The number of nitrogens with two attached hydrogens (primary N) is 1. The minimum absolute atomic E-state index is 0.141. The fraction of sp³-hybridized carbons (Fsp3) is 0.692. The van der Waals surface area contributed by atoms with Gasteiger partial charge in [0.25, 0.3) is 5.91 Å². The van der Waals surface area contributed by atoms with E-state index in [1.54, 1.807) is 0 Å². The Morgan fingerprint density at radius 2 is 2.05 bits per heavy atom. The monoisotopic (exact) mass is 284 g/mol. The molecular formula is C13H24N4OS. The number of rotatable bonds is 7. The van der Waals surface area contributed by atoms with Gasteiger partial charge in [-0.05, 0) is 26.7 Å². The number of nitrogens with one attached hydrogen (secondary N) is 2. The quantitative estimate of drug-likeness (QED) is 0.719. The summed E-state index contributed by atoms with van der Waals surface area (Å²) in [7, 11) is 0. The summed E-state index contributed by atoms with van der Waals surface area (Å²) in [5, 5.41) is 6.86. The topological polar surface area (TPSA) is 80.0 Å². The first kappa shape index (κ1) is 15.8. The van der Waals surface area contributed by atoms with Gasteiger partial charge >= 0.3 is 0 Å². The molecule has 0 saturated carbocycles. The number of hydrogen-bond acceptors (Lipinski definition) is 5. The molecule has 1 rings (SSSR count). The molecule has 108 valence electrons. The van der Waals surface area contributed by atoms with Crippen molar-refractivity contribution in [2.45, 2.75) is 52.5 Å². The lowest BCUT2D eigenvalue weighted by molar-refractivity contribution is 0.0914. The van der Waals surface area contributed by atoms with Crippen molar-refractivity contribution in [2.24, 2.45) is 0 Å². The molecule has 19 heavy (non-hydrogen) atoms. The highest BCUT2D eigenvalue weighted by Gasteiger charge is 2.23. The lowest BCUT2D eigenvalue weighted by Crippen LogP contribution is -2.43. The number of thiazole rings is 1. The highest BCUT2D eigenvalue weighted by molar-refractivity contribution is 7.18. The third kappa shape index (κ3) is 4.70. The highest BCUT2D eigenvalue weighted by Crippen LogP contribution is 2.25. The Bertz CT molecular complexity index is 428. The maximum Gasteiger partial charge on any atom is 0.265 e. The molecule has 0 atom stereocenters. The van der Waals surface area contributed by atoms with E-state index in [1.807, 2.05) is 13.8 Å². The van der Waals surface area contributed by atoms with Gasteiger partial charge in [-0.25, -0.2) is 4.98 Å². The minimum Gasteiger partial charge on any atom is -0.382 e. The van der Waals surface area contributed by atoms with Gasteiger partial charge in [0.1, 0.15) is 10.7 Å². The maximum absolute atomic E-state index is 12.2. The Hall–Kier alpha value is -1.30. The number of hydrogen-bond donors (Lipinski definition) is 3. The van der Waals surface area contributed by atoms with Crippen molar-refractivity contribution < 1.29 is 4.79 Å². The van der Waals surface area contributed by atoms with Gasteiger partial charge < -0.3 is 16.4 Å². The molecule has 0 saturated heterocycles. The third-order valence-electron chi connectivity index (χ3n) is 2.71. The average Bonchev–Trinajstić information content (AvgIpc) is 2.67. The van der Waals surface area contributed by atoms with E-state index in [2.05, 4.69) is 29.5 Å². The van der Waals surface area contributed by atoms with Gasteiger partial charge in [-0.1, -0.05) is 31.6 Å². The molecule has 0 unspecified atom stereocenters. The number of aromatic nitrogens is 1. The van der Waals surface area contributed by atoms with Crippen LogP contribution in [0.1, 0.15) is 56.6 Å². The van der Waals surface area contributed by atoms with Crippen LogP contribution in [0, 0.1) is 0 Å². The second-order valence-corrected chi connectivity index (χ2v) is 6.25. The predicted molar refractivity (Wildman–Crippen MR) is 81.8 cm³/mol. The Morgan fingerprint density at radius 1 is 1.37 bits per heavy atom. The number of amides is 1. The second kappa shape index (κ2) is 6.75. The summed E-state index contributed by atoms with van der Waals surface area (Å²) in [6.07, 6.45) is 2.96. The fourth-order valence-corrected chi connectivity index (χ4v) is 2.66. The minimum atomic E-state index is -0.223. The van der Waals surface area contributed by atoms with E-state index in [4.69, 9.17) is 5.73 Å². The van der Waals surface area contributed by atoms with Crippen LogP contribution in [-0.4, -0.2) is 23.0 Å². The van der Waals surface area contributed by atoms with E-state index in [0.29, 0.717) is 15.8 Å². The molecule has 5 nitrogen and oxygen atoms in total. The highest BCUT2D eigenvalue weighted by atomic mass is 32.1. The fourth-order valence-electron chi connectivity index (χ4n) is 1.85. The summed E-state index contributed by atoms with van der Waals surface area (Å²) < 4.78 is 0. The van der Waals surface area contributed by atoms with Crippen molar-refractivity contribution in [2.75, 3.05) is 17.6 Å². The van der Waals surface area contributed by atoms with Gasteiger partial charge in [0, 0.05) is 12.1 Å². The molecular weight excluding hydrogens is 260 g/mol. The summed E-state index contributed by atoms with van der Waals surface area (Å²) in [4.78, 5) is 16.9. The van der Waals surface area contributed by atoms with E-state index in [-0.39, 0.29) is 11.4 Å². The first-order valence-corrected chi connectivity index (χ1v) is 7.54. The SMILES string of the molecule is CCCNc1nc(N)c(C(=O)NC(C)(C)CCC)s1. The first-order chi connectivity index (χ1) is 8.89. The standard InChI is InChI=1S/C13H24N4OS/c1-5-7-13(3,4)17-11(18)9-10(14)16-12(19-9)15-8-6-2/h5-8,14H2,1-4H3,(H,15,16)(H,17,18). The van der Waals surface area contributed by atoms with E-state index < -0.39 is 0 Å². The molecule has 0 spiro atoms. The molecule has 1 amide bonds. The zero-order valence-electron chi connectivity index (χ0n) is 12.2. The largest absolute Gasteiger partial charge is 0.382 e. The van der Waals surface area contributed by atoms with E-state index in [9.17, 15) is 4.79 Å². The zero-order valence-corrected chi connectivity index (χ0v) is 13.0. The van der Waals surface area contributed by atoms with Gasteiger partial charge in [-0.15, -0.1) is 0 Å². The van der Waals surface area contributed by atoms with Crippen LogP contribution in [0.2, 0.25) is 0 Å². The molecule has 1 aromatic heterocycles. The second-order valence-electron chi connectivity index (χ2n) is 5.25. The van der Waals surface area contributed by atoms with Crippen molar-refractivity contribution in [1.29, 1.82) is 0 Å². The van der Waals surface area contributed by atoms with Crippen LogP contribution in [0.15, 0.2) is 0 Å². The Morgan fingerprint density at radius 3 is 2.63 bits per heavy atom. The maximum atomic E-state index is 12.2. The first-order valence-electron chi connectivity index (χ1n) is 6.72. The summed E-state index contributed by atoms with van der Waals surface area (Å²) in [6, 6.07) is 0. The predicted octanol–water partition coefficient (Wildman–Crippen LogP) is 2.86. The van der Waals surface area contributed by atoms with Crippen molar-refractivity contribution in [3.63, 3.8) is 0 Å². The van der Waals surface area contributed by atoms with Crippen LogP contribution < -0.4 is 16.4 Å². The average molecular weight is 284 g/mol. The number of carbonyl (C=O) groups is 1. The molecule has 0 bridgehead atoms. The zero-order chi connectivity index (χ0) is 14.5. The van der Waals surface area contributed by atoms with Crippen LogP contribution in [0.3, 0.4) is 0 Å². The third-order valence-corrected chi connectivity index (χ3v) is 3.74. The van der Waals surface area contributed by atoms with Crippen molar-refractivity contribution in [1.82, 2.24) is 10.3 Å². The number of anilines is 2.